The number of hydrogen-bond donors (Lipinski definition) is 0. The van der Waals surface area contributed by atoms with Crippen molar-refractivity contribution in [2.75, 3.05) is 31.1 Å². The van der Waals surface area contributed by atoms with Crippen molar-refractivity contribution in [1.82, 2.24) is 4.90 Å². The third-order valence-electron chi connectivity index (χ3n) is 4.53. The molecule has 0 radical (unpaired) electrons. The molecular weight excluding hydrogens is 220 g/mol. The van der Waals surface area contributed by atoms with Gasteiger partial charge >= 0.3 is 0 Å². The predicted octanol–water partition coefficient (Wildman–Crippen LogP) is 2.98. The van der Waals surface area contributed by atoms with E-state index in [4.69, 9.17) is 0 Å². The van der Waals surface area contributed by atoms with E-state index in [1.54, 1.807) is 0 Å². The Morgan fingerprint density at radius 1 is 1.06 bits per heavy atom. The lowest BCUT2D eigenvalue weighted by molar-refractivity contribution is 0.133. The molecule has 0 amide bonds. The van der Waals surface area contributed by atoms with Crippen LogP contribution >= 0.6 is 0 Å². The van der Waals surface area contributed by atoms with Crippen molar-refractivity contribution in [2.24, 2.45) is 0 Å². The minimum absolute atomic E-state index is 0.799. The Hall–Kier alpha value is -1.02. The van der Waals surface area contributed by atoms with Crippen LogP contribution in [0.25, 0.3) is 0 Å². The summed E-state index contributed by atoms with van der Waals surface area (Å²) in [6.07, 6.45) is 4.21. The summed E-state index contributed by atoms with van der Waals surface area (Å²) in [6, 6.07) is 7.66. The molecule has 18 heavy (non-hydrogen) atoms. The molecule has 0 aromatic heterocycles. The molecule has 0 saturated carbocycles. The highest BCUT2D eigenvalue weighted by atomic mass is 15.3. The smallest absolute Gasteiger partial charge is 0.0397 e. The average Bonchev–Trinajstić information content (AvgIpc) is 2.38. The summed E-state index contributed by atoms with van der Waals surface area (Å²) >= 11 is 0. The fourth-order valence-corrected chi connectivity index (χ4v) is 3.53. The first kappa shape index (κ1) is 12.0. The van der Waals surface area contributed by atoms with Crippen LogP contribution in [0.5, 0.6) is 0 Å². The monoisotopic (exact) mass is 244 g/mol. The van der Waals surface area contributed by atoms with Crippen LogP contribution in [0, 0.1) is 13.8 Å². The van der Waals surface area contributed by atoms with Gasteiger partial charge in [-0.15, -0.1) is 0 Å². The third kappa shape index (κ3) is 2.26. The molecule has 1 aromatic rings. The molecule has 2 heterocycles. The molecule has 2 aliphatic heterocycles. The SMILES string of the molecule is Cc1ccc(N2CCN3CCCCC3C2)c(C)c1. The van der Waals surface area contributed by atoms with Crippen LogP contribution in [0.4, 0.5) is 5.69 Å². The van der Waals surface area contributed by atoms with Gasteiger partial charge in [-0.1, -0.05) is 24.1 Å². The Labute approximate surface area is 111 Å². The fourth-order valence-electron chi connectivity index (χ4n) is 3.53. The van der Waals surface area contributed by atoms with Crippen LogP contribution in [-0.2, 0) is 0 Å². The third-order valence-corrected chi connectivity index (χ3v) is 4.53. The Bertz CT molecular complexity index is 427. The standard InChI is InChI=1S/C16H24N2/c1-13-6-7-16(14(2)11-13)18-10-9-17-8-4-3-5-15(17)12-18/h6-7,11,15H,3-5,8-10,12H2,1-2H3. The van der Waals surface area contributed by atoms with Crippen LogP contribution in [0.2, 0.25) is 0 Å². The van der Waals surface area contributed by atoms with Gasteiger partial charge in [0.1, 0.15) is 0 Å². The quantitative estimate of drug-likeness (QED) is 0.749. The molecule has 3 rings (SSSR count). The molecule has 2 aliphatic rings. The van der Waals surface area contributed by atoms with E-state index in [1.807, 2.05) is 0 Å². The zero-order valence-electron chi connectivity index (χ0n) is 11.7. The van der Waals surface area contributed by atoms with E-state index in [9.17, 15) is 0 Å². The van der Waals surface area contributed by atoms with E-state index >= 15 is 0 Å². The van der Waals surface area contributed by atoms with Crippen molar-refractivity contribution < 1.29 is 0 Å². The summed E-state index contributed by atoms with van der Waals surface area (Å²) in [7, 11) is 0. The van der Waals surface area contributed by atoms with Crippen LogP contribution in [0.3, 0.4) is 0 Å². The van der Waals surface area contributed by atoms with Crippen molar-refractivity contribution >= 4 is 5.69 Å². The number of nitrogens with zero attached hydrogens (tertiary/aromatic N) is 2. The molecule has 2 saturated heterocycles. The first-order valence-electron chi connectivity index (χ1n) is 7.30. The molecule has 1 atom stereocenters. The molecule has 0 bridgehead atoms. The number of rotatable bonds is 1. The lowest BCUT2D eigenvalue weighted by atomic mass is 9.98. The highest BCUT2D eigenvalue weighted by Gasteiger charge is 2.29. The highest BCUT2D eigenvalue weighted by Crippen LogP contribution is 2.27. The van der Waals surface area contributed by atoms with Crippen molar-refractivity contribution in [3.8, 4) is 0 Å². The van der Waals surface area contributed by atoms with Gasteiger partial charge in [-0.3, -0.25) is 4.90 Å². The molecule has 98 valence electrons. The first-order valence-corrected chi connectivity index (χ1v) is 7.30. The zero-order chi connectivity index (χ0) is 12.5. The predicted molar refractivity (Wildman–Crippen MR) is 77.3 cm³/mol. The molecule has 0 spiro atoms. The van der Waals surface area contributed by atoms with Crippen molar-refractivity contribution in [2.45, 2.75) is 39.2 Å². The number of benzene rings is 1. The number of hydrogen-bond acceptors (Lipinski definition) is 2. The summed E-state index contributed by atoms with van der Waals surface area (Å²) in [5.74, 6) is 0. The highest BCUT2D eigenvalue weighted by molar-refractivity contribution is 5.54. The molecule has 2 fully saturated rings. The van der Waals surface area contributed by atoms with Crippen molar-refractivity contribution in [1.29, 1.82) is 0 Å². The lowest BCUT2D eigenvalue weighted by Crippen LogP contribution is -2.55. The van der Waals surface area contributed by atoms with E-state index < -0.39 is 0 Å². The maximum Gasteiger partial charge on any atom is 0.0397 e. The molecular formula is C16H24N2. The molecule has 2 nitrogen and oxygen atoms in total. The van der Waals surface area contributed by atoms with Crippen molar-refractivity contribution in [3.63, 3.8) is 0 Å². The van der Waals surface area contributed by atoms with Crippen LogP contribution in [0.1, 0.15) is 30.4 Å². The van der Waals surface area contributed by atoms with E-state index in [2.05, 4.69) is 41.8 Å². The average molecular weight is 244 g/mol. The Morgan fingerprint density at radius 3 is 2.78 bits per heavy atom. The number of piperidine rings is 1. The van der Waals surface area contributed by atoms with Crippen LogP contribution < -0.4 is 4.90 Å². The lowest BCUT2D eigenvalue weighted by Gasteiger charge is -2.45. The number of fused-ring (bicyclic) bond motifs is 1. The fraction of sp³-hybridized carbons (Fsp3) is 0.625. The Kier molecular flexibility index (Phi) is 3.29. The topological polar surface area (TPSA) is 6.48 Å². The minimum Gasteiger partial charge on any atom is -0.368 e. The molecule has 0 aliphatic carbocycles. The van der Waals surface area contributed by atoms with E-state index in [1.165, 1.54) is 62.3 Å². The zero-order valence-corrected chi connectivity index (χ0v) is 11.7. The van der Waals surface area contributed by atoms with Crippen LogP contribution in [-0.4, -0.2) is 37.1 Å². The van der Waals surface area contributed by atoms with Gasteiger partial charge in [-0.05, 0) is 44.9 Å². The van der Waals surface area contributed by atoms with Gasteiger partial charge in [-0.2, -0.15) is 0 Å². The maximum atomic E-state index is 2.70. The van der Waals surface area contributed by atoms with Crippen molar-refractivity contribution in [3.05, 3.63) is 29.3 Å². The molecule has 1 unspecified atom stereocenters. The maximum absolute atomic E-state index is 2.70. The molecule has 0 N–H and O–H groups in total. The summed E-state index contributed by atoms with van der Waals surface area (Å²) in [4.78, 5) is 5.30. The minimum atomic E-state index is 0.799. The number of aryl methyl sites for hydroxylation is 2. The van der Waals surface area contributed by atoms with Gasteiger partial charge in [0.05, 0.1) is 0 Å². The normalized spacial score (nSPS) is 25.0. The van der Waals surface area contributed by atoms with Gasteiger partial charge in [0.15, 0.2) is 0 Å². The largest absolute Gasteiger partial charge is 0.368 e. The van der Waals surface area contributed by atoms with Gasteiger partial charge < -0.3 is 4.90 Å². The van der Waals surface area contributed by atoms with E-state index in [-0.39, 0.29) is 0 Å². The van der Waals surface area contributed by atoms with E-state index in [0.29, 0.717) is 0 Å². The number of piperazine rings is 1. The number of anilines is 1. The second-order valence-electron chi connectivity index (χ2n) is 5.92. The first-order chi connectivity index (χ1) is 8.74. The Morgan fingerprint density at radius 2 is 1.94 bits per heavy atom. The van der Waals surface area contributed by atoms with Gasteiger partial charge in [0.2, 0.25) is 0 Å². The van der Waals surface area contributed by atoms with E-state index in [0.717, 1.165) is 6.04 Å². The molecule has 1 aromatic carbocycles. The van der Waals surface area contributed by atoms with Crippen LogP contribution in [0.15, 0.2) is 18.2 Å². The summed E-state index contributed by atoms with van der Waals surface area (Å²) in [6.45, 7) is 9.42. The Balaban J connectivity index is 1.77. The van der Waals surface area contributed by atoms with Gasteiger partial charge in [0, 0.05) is 31.4 Å². The summed E-state index contributed by atoms with van der Waals surface area (Å²) in [5.41, 5.74) is 4.25. The molecule has 2 heteroatoms. The summed E-state index contributed by atoms with van der Waals surface area (Å²) in [5, 5.41) is 0. The second-order valence-corrected chi connectivity index (χ2v) is 5.92. The summed E-state index contributed by atoms with van der Waals surface area (Å²) < 4.78 is 0. The van der Waals surface area contributed by atoms with Gasteiger partial charge in [-0.25, -0.2) is 0 Å². The van der Waals surface area contributed by atoms with Gasteiger partial charge in [0.25, 0.3) is 0 Å². The second kappa shape index (κ2) is 4.93.